The van der Waals surface area contributed by atoms with Crippen LogP contribution in [-0.4, -0.2) is 5.78 Å². The molecular formula is C8H12O. The van der Waals surface area contributed by atoms with Crippen molar-refractivity contribution in [2.24, 2.45) is 0 Å². The van der Waals surface area contributed by atoms with E-state index in [2.05, 4.69) is 19.2 Å². The largest absolute Gasteiger partial charge is 0.299 e. The van der Waals surface area contributed by atoms with Gasteiger partial charge in [-0.15, -0.1) is 13.2 Å². The zero-order valence-corrected chi connectivity index (χ0v) is 5.60. The summed E-state index contributed by atoms with van der Waals surface area (Å²) in [5.41, 5.74) is 0. The maximum atomic E-state index is 10.4. The highest BCUT2D eigenvalue weighted by molar-refractivity contribution is 5.80. The van der Waals surface area contributed by atoms with Crippen molar-refractivity contribution in [3.8, 4) is 0 Å². The highest BCUT2D eigenvalue weighted by atomic mass is 16.1. The fourth-order valence-electron chi connectivity index (χ4n) is 0.679. The van der Waals surface area contributed by atoms with Gasteiger partial charge in [0.15, 0.2) is 0 Å². The van der Waals surface area contributed by atoms with Gasteiger partial charge in [0, 0.05) is 12.8 Å². The lowest BCUT2D eigenvalue weighted by atomic mass is 10.1. The first-order valence-electron chi connectivity index (χ1n) is 3.06. The molecule has 0 heterocycles. The minimum absolute atomic E-state index is 0.377. The van der Waals surface area contributed by atoms with Crippen LogP contribution < -0.4 is 0 Å². The first-order valence-corrected chi connectivity index (χ1v) is 3.06. The van der Waals surface area contributed by atoms with Gasteiger partial charge < -0.3 is 0 Å². The van der Waals surface area contributed by atoms with Crippen LogP contribution in [0.5, 0.6) is 0 Å². The summed E-state index contributed by atoms with van der Waals surface area (Å²) in [6.07, 6.45) is 6.38. The van der Waals surface area contributed by atoms with Gasteiger partial charge in [0.05, 0.1) is 0 Å². The second-order valence-electron chi connectivity index (χ2n) is 1.75. The first kappa shape index (κ1) is 8.15. The zero-order valence-electron chi connectivity index (χ0n) is 5.60. The molecule has 1 rings (SSSR count). The Hall–Kier alpha value is -0.850. The van der Waals surface area contributed by atoms with Crippen LogP contribution in [0.1, 0.15) is 19.3 Å². The Morgan fingerprint density at radius 1 is 1.33 bits per heavy atom. The van der Waals surface area contributed by atoms with E-state index in [-0.39, 0.29) is 0 Å². The molecule has 0 spiro atoms. The Labute approximate surface area is 56.1 Å². The average Bonchev–Trinajstić information content (AvgIpc) is 1.94. The lowest BCUT2D eigenvalue weighted by Crippen LogP contribution is -1.97. The van der Waals surface area contributed by atoms with Crippen LogP contribution >= 0.6 is 0 Å². The van der Waals surface area contributed by atoms with Crippen molar-refractivity contribution in [1.29, 1.82) is 0 Å². The van der Waals surface area contributed by atoms with Gasteiger partial charge >= 0.3 is 0 Å². The monoisotopic (exact) mass is 124 g/mol. The molecule has 0 amide bonds. The summed E-state index contributed by atoms with van der Waals surface area (Å²) in [4.78, 5) is 10.4. The SMILES string of the molecule is C=C.O=C1CC=CCC1. The van der Waals surface area contributed by atoms with Crippen molar-refractivity contribution in [3.63, 3.8) is 0 Å². The summed E-state index contributed by atoms with van der Waals surface area (Å²) in [5, 5.41) is 0. The molecule has 0 aromatic rings. The van der Waals surface area contributed by atoms with E-state index < -0.39 is 0 Å². The summed E-state index contributed by atoms with van der Waals surface area (Å²) >= 11 is 0. The predicted molar refractivity (Wildman–Crippen MR) is 39.3 cm³/mol. The molecule has 0 unspecified atom stereocenters. The summed E-state index contributed by atoms with van der Waals surface area (Å²) < 4.78 is 0. The van der Waals surface area contributed by atoms with E-state index >= 15 is 0 Å². The third kappa shape index (κ3) is 3.71. The third-order valence-electron chi connectivity index (χ3n) is 1.10. The van der Waals surface area contributed by atoms with Gasteiger partial charge in [-0.3, -0.25) is 4.79 Å². The normalized spacial score (nSPS) is 16.2. The van der Waals surface area contributed by atoms with E-state index in [1.807, 2.05) is 6.08 Å². The minimum Gasteiger partial charge on any atom is -0.299 e. The van der Waals surface area contributed by atoms with Gasteiger partial charge in [-0.2, -0.15) is 0 Å². The molecule has 0 aromatic heterocycles. The maximum Gasteiger partial charge on any atom is 0.136 e. The highest BCUT2D eigenvalue weighted by Crippen LogP contribution is 2.03. The Morgan fingerprint density at radius 3 is 2.22 bits per heavy atom. The number of hydrogen-bond acceptors (Lipinski definition) is 1. The van der Waals surface area contributed by atoms with Crippen LogP contribution in [0.2, 0.25) is 0 Å². The summed E-state index contributed by atoms with van der Waals surface area (Å²) in [6, 6.07) is 0. The Bertz CT molecular complexity index is 114. The maximum absolute atomic E-state index is 10.4. The fourth-order valence-corrected chi connectivity index (χ4v) is 0.679. The second kappa shape index (κ2) is 5.29. The molecule has 0 atom stereocenters. The summed E-state index contributed by atoms with van der Waals surface area (Å²) in [6.45, 7) is 6.00. The number of hydrogen-bond donors (Lipinski definition) is 0. The van der Waals surface area contributed by atoms with Gasteiger partial charge in [0.2, 0.25) is 0 Å². The molecule has 0 aromatic carbocycles. The smallest absolute Gasteiger partial charge is 0.136 e. The molecule has 0 aliphatic heterocycles. The van der Waals surface area contributed by atoms with Gasteiger partial charge in [0.25, 0.3) is 0 Å². The molecule has 0 saturated heterocycles. The van der Waals surface area contributed by atoms with Crippen molar-refractivity contribution < 1.29 is 4.79 Å². The van der Waals surface area contributed by atoms with Crippen molar-refractivity contribution >= 4 is 5.78 Å². The van der Waals surface area contributed by atoms with E-state index in [4.69, 9.17) is 0 Å². The molecule has 0 bridgehead atoms. The molecule has 50 valence electrons. The Balaban J connectivity index is 0.000000291. The highest BCUT2D eigenvalue weighted by Gasteiger charge is 1.99. The molecular weight excluding hydrogens is 112 g/mol. The molecule has 0 fully saturated rings. The van der Waals surface area contributed by atoms with Gasteiger partial charge in [-0.1, -0.05) is 12.2 Å². The Kier molecular flexibility index (Phi) is 4.79. The van der Waals surface area contributed by atoms with Gasteiger partial charge in [-0.05, 0) is 6.42 Å². The average molecular weight is 124 g/mol. The van der Waals surface area contributed by atoms with E-state index in [9.17, 15) is 4.79 Å². The third-order valence-corrected chi connectivity index (χ3v) is 1.10. The summed E-state index contributed by atoms with van der Waals surface area (Å²) in [7, 11) is 0. The minimum atomic E-state index is 0.377. The van der Waals surface area contributed by atoms with Gasteiger partial charge in [0.1, 0.15) is 5.78 Å². The number of carbonyl (C=O) groups excluding carboxylic acids is 1. The van der Waals surface area contributed by atoms with Gasteiger partial charge in [-0.25, -0.2) is 0 Å². The molecule has 9 heavy (non-hydrogen) atoms. The topological polar surface area (TPSA) is 17.1 Å². The molecule has 1 aliphatic rings. The van der Waals surface area contributed by atoms with Crippen molar-refractivity contribution in [2.75, 3.05) is 0 Å². The molecule has 1 nitrogen and oxygen atoms in total. The van der Waals surface area contributed by atoms with Crippen LogP contribution in [-0.2, 0) is 4.79 Å². The van der Waals surface area contributed by atoms with Crippen LogP contribution in [0.15, 0.2) is 25.3 Å². The number of carbonyl (C=O) groups is 1. The van der Waals surface area contributed by atoms with Crippen molar-refractivity contribution in [3.05, 3.63) is 25.3 Å². The van der Waals surface area contributed by atoms with E-state index in [1.165, 1.54) is 0 Å². The second-order valence-corrected chi connectivity index (χ2v) is 1.75. The number of ketones is 1. The Morgan fingerprint density at radius 2 is 2.00 bits per heavy atom. The van der Waals surface area contributed by atoms with E-state index in [0.29, 0.717) is 12.2 Å². The number of Topliss-reactive ketones (excluding diaryl/α,β-unsaturated/α-hetero) is 1. The zero-order chi connectivity index (χ0) is 7.11. The van der Waals surface area contributed by atoms with E-state index in [1.54, 1.807) is 0 Å². The number of rotatable bonds is 0. The molecule has 0 N–H and O–H groups in total. The fraction of sp³-hybridized carbons (Fsp3) is 0.375. The summed E-state index contributed by atoms with van der Waals surface area (Å²) in [5.74, 6) is 0.377. The lowest BCUT2D eigenvalue weighted by Gasteiger charge is -1.97. The van der Waals surface area contributed by atoms with Crippen molar-refractivity contribution in [2.45, 2.75) is 19.3 Å². The van der Waals surface area contributed by atoms with Crippen LogP contribution in [0.4, 0.5) is 0 Å². The predicted octanol–water partition coefficient (Wildman–Crippen LogP) is 2.10. The van der Waals surface area contributed by atoms with Crippen LogP contribution in [0, 0.1) is 0 Å². The quantitative estimate of drug-likeness (QED) is 0.452. The molecule has 1 heteroatoms. The van der Waals surface area contributed by atoms with E-state index in [0.717, 1.165) is 12.8 Å². The van der Waals surface area contributed by atoms with Crippen LogP contribution in [0.25, 0.3) is 0 Å². The molecule has 0 saturated carbocycles. The number of allylic oxidation sites excluding steroid dienone is 2. The van der Waals surface area contributed by atoms with Crippen LogP contribution in [0.3, 0.4) is 0 Å². The molecule has 0 radical (unpaired) electrons. The molecule has 1 aliphatic carbocycles. The van der Waals surface area contributed by atoms with Crippen molar-refractivity contribution in [1.82, 2.24) is 0 Å². The lowest BCUT2D eigenvalue weighted by molar-refractivity contribution is -0.118. The first-order chi connectivity index (χ1) is 4.39. The standard InChI is InChI=1S/C6H8O.C2H4/c7-6-4-2-1-3-5-6;1-2/h1-2H,3-5H2;1-2H2.